The van der Waals surface area contributed by atoms with Gasteiger partial charge in [-0.05, 0) is 25.7 Å². The zero-order chi connectivity index (χ0) is 25.8. The molecule has 3 fully saturated rings. The molecule has 2 unspecified atom stereocenters. The second-order valence-electron chi connectivity index (χ2n) is 8.54. The van der Waals surface area contributed by atoms with Gasteiger partial charge in [0.1, 0.15) is 12.2 Å². The third kappa shape index (κ3) is 4.96. The van der Waals surface area contributed by atoms with Crippen LogP contribution in [0.3, 0.4) is 0 Å². The lowest BCUT2D eigenvalue weighted by molar-refractivity contribution is -0.411. The van der Waals surface area contributed by atoms with E-state index in [1.165, 1.54) is 0 Å². The molecule has 0 amide bonds. The van der Waals surface area contributed by atoms with Gasteiger partial charge in [-0.15, -0.1) is 0 Å². The maximum Gasteiger partial charge on any atom is 0.426 e. The molecule has 16 heteroatoms. The molecule has 1 saturated carbocycles. The zero-order valence-corrected chi connectivity index (χ0v) is 17.1. The molecule has 0 aromatic carbocycles. The highest BCUT2D eigenvalue weighted by atomic mass is 19.4. The highest BCUT2D eigenvalue weighted by molar-refractivity contribution is 5.07. The van der Waals surface area contributed by atoms with E-state index >= 15 is 0 Å². The normalized spacial score (nSPS) is 29.3. The molecule has 2 aliphatic heterocycles. The van der Waals surface area contributed by atoms with Gasteiger partial charge in [0.15, 0.2) is 0 Å². The number of halogens is 12. The summed E-state index contributed by atoms with van der Waals surface area (Å²) in [4.78, 5) is 0. The highest BCUT2D eigenvalue weighted by Crippen LogP contribution is 2.59. The molecule has 0 bridgehead atoms. The highest BCUT2D eigenvalue weighted by Gasteiger charge is 2.78. The van der Waals surface area contributed by atoms with Crippen LogP contribution in [0.25, 0.3) is 0 Å². The number of epoxide rings is 2. The fraction of sp³-hybridized carbons (Fsp3) is 1.00. The van der Waals surface area contributed by atoms with Crippen molar-refractivity contribution in [3.05, 3.63) is 0 Å². The monoisotopic (exact) mass is 528 g/mol. The first-order valence-corrected chi connectivity index (χ1v) is 10.1. The van der Waals surface area contributed by atoms with Gasteiger partial charge in [0.25, 0.3) is 11.2 Å². The van der Waals surface area contributed by atoms with Crippen molar-refractivity contribution in [1.82, 2.24) is 0 Å². The first-order chi connectivity index (χ1) is 15.4. The molecule has 4 nitrogen and oxygen atoms in total. The minimum Gasteiger partial charge on any atom is -0.371 e. The van der Waals surface area contributed by atoms with Crippen molar-refractivity contribution in [3.8, 4) is 0 Å². The van der Waals surface area contributed by atoms with Gasteiger partial charge in [0, 0.05) is 11.8 Å². The summed E-state index contributed by atoms with van der Waals surface area (Å²) in [5, 5.41) is 0. The summed E-state index contributed by atoms with van der Waals surface area (Å²) in [7, 11) is 0. The standard InChI is InChI=1S/C18H20F12O4/c19-15(20,21)13(16(22,23)24,33-7-11-5-31-11)9-1-2-10(4-3-9)14(17(25,26)27,18(28,29)30)34-8-12-6-32-12/h9-12H,1-8H2. The van der Waals surface area contributed by atoms with Crippen LogP contribution in [0.1, 0.15) is 25.7 Å². The van der Waals surface area contributed by atoms with Crippen LogP contribution in [0, 0.1) is 11.8 Å². The molecular weight excluding hydrogens is 508 g/mol. The van der Waals surface area contributed by atoms with E-state index in [0.717, 1.165) is 0 Å². The lowest BCUT2D eigenvalue weighted by Crippen LogP contribution is -2.67. The summed E-state index contributed by atoms with van der Waals surface area (Å²) in [6, 6.07) is 0. The average molecular weight is 528 g/mol. The van der Waals surface area contributed by atoms with E-state index in [0.29, 0.717) is 0 Å². The van der Waals surface area contributed by atoms with Gasteiger partial charge in [-0.3, -0.25) is 0 Å². The molecule has 200 valence electrons. The van der Waals surface area contributed by atoms with E-state index in [1.54, 1.807) is 0 Å². The van der Waals surface area contributed by atoms with Crippen LogP contribution < -0.4 is 0 Å². The van der Waals surface area contributed by atoms with E-state index in [9.17, 15) is 52.7 Å². The number of rotatable bonds is 8. The van der Waals surface area contributed by atoms with Gasteiger partial charge < -0.3 is 18.9 Å². The second-order valence-corrected chi connectivity index (χ2v) is 8.54. The van der Waals surface area contributed by atoms with E-state index in [-0.39, 0.29) is 13.2 Å². The topological polar surface area (TPSA) is 43.5 Å². The molecule has 2 heterocycles. The van der Waals surface area contributed by atoms with Crippen LogP contribution in [-0.4, -0.2) is 74.5 Å². The largest absolute Gasteiger partial charge is 0.426 e. The van der Waals surface area contributed by atoms with Crippen LogP contribution in [0.5, 0.6) is 0 Å². The van der Waals surface area contributed by atoms with Crippen molar-refractivity contribution in [3.63, 3.8) is 0 Å². The molecule has 0 aromatic heterocycles. The van der Waals surface area contributed by atoms with Gasteiger partial charge in [-0.25, -0.2) is 0 Å². The summed E-state index contributed by atoms with van der Waals surface area (Å²) in [6.45, 7) is -2.45. The molecule has 34 heavy (non-hydrogen) atoms. The van der Waals surface area contributed by atoms with E-state index in [2.05, 4.69) is 18.9 Å². The third-order valence-corrected chi connectivity index (χ3v) is 6.36. The number of hydrogen-bond acceptors (Lipinski definition) is 4. The molecule has 0 spiro atoms. The molecular formula is C18H20F12O4. The molecule has 0 N–H and O–H groups in total. The van der Waals surface area contributed by atoms with Crippen molar-refractivity contribution in [1.29, 1.82) is 0 Å². The maximum atomic E-state index is 13.8. The summed E-state index contributed by atoms with van der Waals surface area (Å²) in [5.74, 6) is -4.93. The van der Waals surface area contributed by atoms with Gasteiger partial charge in [0.05, 0.1) is 26.4 Å². The van der Waals surface area contributed by atoms with Gasteiger partial charge in [-0.2, -0.15) is 52.7 Å². The maximum absolute atomic E-state index is 13.8. The first kappa shape index (κ1) is 27.6. The summed E-state index contributed by atoms with van der Waals surface area (Å²) in [5.41, 5.74) is -9.53. The van der Waals surface area contributed by atoms with Crippen molar-refractivity contribution in [2.75, 3.05) is 26.4 Å². The summed E-state index contributed by atoms with van der Waals surface area (Å²) < 4.78 is 183. The van der Waals surface area contributed by atoms with E-state index in [4.69, 9.17) is 0 Å². The lowest BCUT2D eigenvalue weighted by Gasteiger charge is -2.48. The molecule has 0 radical (unpaired) electrons. The van der Waals surface area contributed by atoms with Gasteiger partial charge >= 0.3 is 24.7 Å². The first-order valence-electron chi connectivity index (χ1n) is 10.1. The average Bonchev–Trinajstić information content (AvgIpc) is 3.54. The Labute approximate surface area is 184 Å². The van der Waals surface area contributed by atoms with E-state index < -0.39 is 98.8 Å². The predicted octanol–water partition coefficient (Wildman–Crippen LogP) is 5.35. The molecule has 3 rings (SSSR count). The minimum absolute atomic E-state index is 0.139. The van der Waals surface area contributed by atoms with Crippen molar-refractivity contribution in [2.24, 2.45) is 11.8 Å². The smallest absolute Gasteiger partial charge is 0.371 e. The third-order valence-electron chi connectivity index (χ3n) is 6.36. The Morgan fingerprint density at radius 1 is 0.500 bits per heavy atom. The molecule has 1 aliphatic carbocycles. The predicted molar refractivity (Wildman–Crippen MR) is 86.5 cm³/mol. The molecule has 2 saturated heterocycles. The number of ether oxygens (including phenoxy) is 4. The van der Waals surface area contributed by atoms with Crippen LogP contribution in [0.2, 0.25) is 0 Å². The quantitative estimate of drug-likeness (QED) is 0.315. The fourth-order valence-electron chi connectivity index (χ4n) is 4.49. The van der Waals surface area contributed by atoms with Gasteiger partial charge in [-0.1, -0.05) is 0 Å². The van der Waals surface area contributed by atoms with Crippen LogP contribution in [0.15, 0.2) is 0 Å². The van der Waals surface area contributed by atoms with E-state index in [1.807, 2.05) is 0 Å². The molecule has 3 aliphatic rings. The van der Waals surface area contributed by atoms with Crippen molar-refractivity contribution in [2.45, 2.75) is 73.8 Å². The van der Waals surface area contributed by atoms with Crippen LogP contribution in [-0.2, 0) is 18.9 Å². The van der Waals surface area contributed by atoms with Crippen molar-refractivity contribution < 1.29 is 71.6 Å². The lowest BCUT2D eigenvalue weighted by atomic mass is 9.67. The molecule has 0 aromatic rings. The van der Waals surface area contributed by atoms with Crippen molar-refractivity contribution >= 4 is 0 Å². The Balaban J connectivity index is 1.89. The Morgan fingerprint density at radius 3 is 0.912 bits per heavy atom. The second kappa shape index (κ2) is 8.83. The SMILES string of the molecule is FC(F)(F)C(OCC1CO1)(C1CCC(C(OCC2CO2)(C(F)(F)F)C(F)(F)F)CC1)C(F)(F)F. The minimum atomic E-state index is -6.04. The summed E-state index contributed by atoms with van der Waals surface area (Å²) in [6.07, 6.45) is -31.2. The van der Waals surface area contributed by atoms with Crippen LogP contribution in [0.4, 0.5) is 52.7 Å². The Kier molecular flexibility index (Phi) is 7.17. The number of alkyl halides is 12. The zero-order valence-electron chi connectivity index (χ0n) is 17.1. The van der Waals surface area contributed by atoms with Gasteiger partial charge in [0.2, 0.25) is 0 Å². The Bertz CT molecular complexity index is 610. The summed E-state index contributed by atoms with van der Waals surface area (Å²) >= 11 is 0. The van der Waals surface area contributed by atoms with Crippen LogP contribution >= 0.6 is 0 Å². The molecule has 2 atom stereocenters. The Hall–Kier alpha value is -1.00. The Morgan fingerprint density at radius 2 is 0.735 bits per heavy atom. The fourth-order valence-corrected chi connectivity index (χ4v) is 4.49. The number of hydrogen-bond donors (Lipinski definition) is 0.